The minimum absolute atomic E-state index is 0.0352. The number of amides is 1. The molecule has 8 heteroatoms. The number of hydrogen-bond donors (Lipinski definition) is 1. The third-order valence-electron chi connectivity index (χ3n) is 6.26. The van der Waals surface area contributed by atoms with Gasteiger partial charge in [-0.25, -0.2) is 4.68 Å². The minimum Gasteiger partial charge on any atom is -0.496 e. The first-order valence-corrected chi connectivity index (χ1v) is 11.9. The quantitative estimate of drug-likeness (QED) is 0.378. The number of fused-ring (bicyclic) bond motifs is 3. The molecule has 0 bridgehead atoms. The van der Waals surface area contributed by atoms with Crippen molar-refractivity contribution in [3.8, 4) is 16.9 Å². The van der Waals surface area contributed by atoms with Crippen molar-refractivity contribution >= 4 is 5.91 Å². The molecule has 184 valence electrons. The van der Waals surface area contributed by atoms with Gasteiger partial charge in [0.1, 0.15) is 5.75 Å². The van der Waals surface area contributed by atoms with Crippen LogP contribution in [0, 0.1) is 0 Å². The smallest absolute Gasteiger partial charge is 0.274 e. The Morgan fingerprint density at radius 1 is 1.11 bits per heavy atom. The van der Waals surface area contributed by atoms with Crippen LogP contribution in [-0.2, 0) is 24.3 Å². The topological polar surface area (TPSA) is 93.9 Å². The van der Waals surface area contributed by atoms with Crippen LogP contribution >= 0.6 is 0 Å². The first-order chi connectivity index (χ1) is 17.0. The third kappa shape index (κ3) is 4.99. The fraction of sp³-hybridized carbons (Fsp3) is 0.370. The monoisotopic (exact) mass is 477 g/mol. The summed E-state index contributed by atoms with van der Waals surface area (Å²) >= 11 is 0. The van der Waals surface area contributed by atoms with E-state index in [4.69, 9.17) is 9.47 Å². The van der Waals surface area contributed by atoms with Crippen molar-refractivity contribution in [2.75, 3.05) is 26.8 Å². The lowest BCUT2D eigenvalue weighted by Crippen LogP contribution is -2.37. The molecule has 1 amide bonds. The second kappa shape index (κ2) is 10.8. The Kier molecular flexibility index (Phi) is 7.63. The fourth-order valence-corrected chi connectivity index (χ4v) is 4.50. The number of aliphatic hydroxyl groups is 1. The second-order valence-electron chi connectivity index (χ2n) is 8.49. The van der Waals surface area contributed by atoms with E-state index in [9.17, 15) is 14.7 Å². The van der Waals surface area contributed by atoms with E-state index in [-0.39, 0.29) is 30.3 Å². The van der Waals surface area contributed by atoms with Crippen LogP contribution in [0.1, 0.15) is 41.0 Å². The van der Waals surface area contributed by atoms with E-state index in [0.29, 0.717) is 43.0 Å². The molecule has 1 aromatic heterocycles. The molecule has 0 saturated heterocycles. The largest absolute Gasteiger partial charge is 0.496 e. The standard InChI is InChI=1S/C27H31N3O5/c1-4-29(5-2)27(33)25-24-21(14-19-12-9-13-22(34-3)23(19)24)26(32)30(28-25)15-20(31)17-35-16-18-10-7-6-8-11-18/h6-13,20,31H,4-5,14-17H2,1-3H3. The van der Waals surface area contributed by atoms with E-state index < -0.39 is 6.10 Å². The van der Waals surface area contributed by atoms with E-state index in [1.54, 1.807) is 12.0 Å². The van der Waals surface area contributed by atoms with Crippen molar-refractivity contribution in [2.45, 2.75) is 39.5 Å². The minimum atomic E-state index is -0.961. The second-order valence-corrected chi connectivity index (χ2v) is 8.49. The summed E-state index contributed by atoms with van der Waals surface area (Å²) in [5, 5.41) is 15.1. The molecule has 0 fully saturated rings. The zero-order chi connectivity index (χ0) is 24.9. The zero-order valence-electron chi connectivity index (χ0n) is 20.4. The average Bonchev–Trinajstić information content (AvgIpc) is 3.27. The van der Waals surface area contributed by atoms with Crippen molar-refractivity contribution in [3.05, 3.63) is 81.3 Å². The van der Waals surface area contributed by atoms with Crippen LogP contribution < -0.4 is 10.3 Å². The molecule has 1 unspecified atom stereocenters. The van der Waals surface area contributed by atoms with E-state index in [0.717, 1.165) is 16.7 Å². The van der Waals surface area contributed by atoms with Gasteiger partial charge >= 0.3 is 0 Å². The van der Waals surface area contributed by atoms with Crippen LogP contribution in [0.5, 0.6) is 5.75 Å². The number of methoxy groups -OCH3 is 1. The van der Waals surface area contributed by atoms with Gasteiger partial charge < -0.3 is 19.5 Å². The molecular weight excluding hydrogens is 446 g/mol. The molecule has 2 aromatic carbocycles. The zero-order valence-corrected chi connectivity index (χ0v) is 20.4. The normalized spacial score (nSPS) is 12.7. The number of hydrogen-bond acceptors (Lipinski definition) is 6. The molecule has 0 saturated carbocycles. The van der Waals surface area contributed by atoms with Crippen LogP contribution in [0.3, 0.4) is 0 Å². The van der Waals surface area contributed by atoms with Crippen molar-refractivity contribution in [2.24, 2.45) is 0 Å². The van der Waals surface area contributed by atoms with Crippen molar-refractivity contribution < 1.29 is 19.4 Å². The molecule has 1 aliphatic rings. The molecule has 1 N–H and O–H groups in total. The Morgan fingerprint density at radius 2 is 1.86 bits per heavy atom. The molecule has 0 spiro atoms. The molecule has 1 aliphatic carbocycles. The van der Waals surface area contributed by atoms with Crippen molar-refractivity contribution in [1.29, 1.82) is 0 Å². The molecule has 3 aromatic rings. The van der Waals surface area contributed by atoms with Crippen molar-refractivity contribution in [3.63, 3.8) is 0 Å². The Balaban J connectivity index is 1.67. The molecule has 8 nitrogen and oxygen atoms in total. The van der Waals surface area contributed by atoms with E-state index in [1.807, 2.05) is 62.4 Å². The highest BCUT2D eigenvalue weighted by molar-refractivity contribution is 6.02. The van der Waals surface area contributed by atoms with Gasteiger partial charge in [-0.1, -0.05) is 42.5 Å². The van der Waals surface area contributed by atoms with Crippen LogP contribution in [0.4, 0.5) is 0 Å². The predicted octanol–water partition coefficient (Wildman–Crippen LogP) is 2.88. The molecule has 0 aliphatic heterocycles. The first-order valence-electron chi connectivity index (χ1n) is 11.9. The van der Waals surface area contributed by atoms with Crippen LogP contribution in [0.25, 0.3) is 11.1 Å². The fourth-order valence-electron chi connectivity index (χ4n) is 4.50. The number of nitrogens with zero attached hydrogens (tertiary/aromatic N) is 3. The lowest BCUT2D eigenvalue weighted by molar-refractivity contribution is 0.0178. The van der Waals surface area contributed by atoms with E-state index >= 15 is 0 Å². The summed E-state index contributed by atoms with van der Waals surface area (Å²) in [5.41, 5.74) is 3.55. The van der Waals surface area contributed by atoms with Gasteiger partial charge in [-0.05, 0) is 31.0 Å². The molecule has 0 radical (unpaired) electrons. The maximum atomic E-state index is 13.5. The Labute approximate surface area is 204 Å². The number of aliphatic hydroxyl groups excluding tert-OH is 1. The number of benzene rings is 2. The Morgan fingerprint density at radius 3 is 2.54 bits per heavy atom. The van der Waals surface area contributed by atoms with E-state index in [1.165, 1.54) is 4.68 Å². The highest BCUT2D eigenvalue weighted by Gasteiger charge is 2.33. The Hall–Kier alpha value is -3.49. The lowest BCUT2D eigenvalue weighted by atomic mass is 10.0. The van der Waals surface area contributed by atoms with Gasteiger partial charge in [-0.2, -0.15) is 5.10 Å². The summed E-state index contributed by atoms with van der Waals surface area (Å²) in [6.07, 6.45) is -0.584. The summed E-state index contributed by atoms with van der Waals surface area (Å²) in [4.78, 5) is 28.6. The van der Waals surface area contributed by atoms with Crippen LogP contribution in [0.2, 0.25) is 0 Å². The molecule has 1 heterocycles. The number of rotatable bonds is 10. The molecule has 1 atom stereocenters. The van der Waals surface area contributed by atoms with Gasteiger partial charge in [0.05, 0.1) is 33.0 Å². The number of carbonyl (C=O) groups excluding carboxylic acids is 1. The number of aromatic nitrogens is 2. The summed E-state index contributed by atoms with van der Waals surface area (Å²) in [6, 6.07) is 15.3. The highest BCUT2D eigenvalue weighted by atomic mass is 16.5. The number of ether oxygens (including phenoxy) is 2. The van der Waals surface area contributed by atoms with Gasteiger partial charge in [0, 0.05) is 36.2 Å². The number of carbonyl (C=O) groups is 1. The average molecular weight is 478 g/mol. The molecule has 4 rings (SSSR count). The Bertz CT molecular complexity index is 1250. The lowest BCUT2D eigenvalue weighted by Gasteiger charge is -2.21. The van der Waals surface area contributed by atoms with E-state index in [2.05, 4.69) is 5.10 Å². The molecule has 35 heavy (non-hydrogen) atoms. The van der Waals surface area contributed by atoms with Crippen molar-refractivity contribution in [1.82, 2.24) is 14.7 Å². The highest BCUT2D eigenvalue weighted by Crippen LogP contribution is 2.42. The van der Waals surface area contributed by atoms with Gasteiger partial charge in [0.2, 0.25) is 0 Å². The predicted molar refractivity (Wildman–Crippen MR) is 133 cm³/mol. The first kappa shape index (κ1) is 24.6. The summed E-state index contributed by atoms with van der Waals surface area (Å²) < 4.78 is 12.4. The van der Waals surface area contributed by atoms with Gasteiger partial charge in [0.25, 0.3) is 11.5 Å². The van der Waals surface area contributed by atoms with Gasteiger partial charge in [0.15, 0.2) is 5.69 Å². The third-order valence-corrected chi connectivity index (χ3v) is 6.26. The maximum Gasteiger partial charge on any atom is 0.274 e. The summed E-state index contributed by atoms with van der Waals surface area (Å²) in [7, 11) is 1.57. The maximum absolute atomic E-state index is 13.5. The molecular formula is C27H31N3O5. The van der Waals surface area contributed by atoms with Gasteiger partial charge in [-0.3, -0.25) is 9.59 Å². The summed E-state index contributed by atoms with van der Waals surface area (Å²) in [5.74, 6) is 0.344. The van der Waals surface area contributed by atoms with Gasteiger partial charge in [-0.15, -0.1) is 0 Å². The SMILES string of the molecule is CCN(CC)C(=O)c1nn(CC(O)COCc2ccccc2)c(=O)c2c1-c1c(cccc1OC)C2. The van der Waals surface area contributed by atoms with Crippen LogP contribution in [0.15, 0.2) is 53.3 Å². The summed E-state index contributed by atoms with van der Waals surface area (Å²) in [6.45, 7) is 5.14. The van der Waals surface area contributed by atoms with Crippen LogP contribution in [-0.4, -0.2) is 58.6 Å².